The minimum absolute atomic E-state index is 0.120. The van der Waals surface area contributed by atoms with Crippen LogP contribution in [0, 0.1) is 13.8 Å². The summed E-state index contributed by atoms with van der Waals surface area (Å²) in [5, 5.41) is 10.3. The molecule has 2 aromatic rings. The Morgan fingerprint density at radius 2 is 2.15 bits per heavy atom. The van der Waals surface area contributed by atoms with Gasteiger partial charge in [-0.1, -0.05) is 17.3 Å². The Labute approximate surface area is 153 Å². The van der Waals surface area contributed by atoms with Gasteiger partial charge in [-0.3, -0.25) is 4.99 Å². The minimum atomic E-state index is 0.120. The van der Waals surface area contributed by atoms with E-state index in [4.69, 9.17) is 14.0 Å². The van der Waals surface area contributed by atoms with Crippen LogP contribution in [-0.4, -0.2) is 42.5 Å². The average Bonchev–Trinajstić information content (AvgIpc) is 3.28. The first-order valence-corrected chi connectivity index (χ1v) is 8.71. The van der Waals surface area contributed by atoms with Crippen molar-refractivity contribution in [3.8, 4) is 5.75 Å². The number of aromatic nitrogens is 2. The monoisotopic (exact) mass is 359 g/mol. The topological polar surface area (TPSA) is 93.8 Å². The predicted molar refractivity (Wildman–Crippen MR) is 97.1 cm³/mol. The third kappa shape index (κ3) is 4.95. The Bertz CT molecular complexity index is 753. The second-order valence-electron chi connectivity index (χ2n) is 6.22. The molecule has 0 bridgehead atoms. The van der Waals surface area contributed by atoms with Gasteiger partial charge in [0.15, 0.2) is 11.8 Å². The van der Waals surface area contributed by atoms with Crippen molar-refractivity contribution in [1.82, 2.24) is 20.8 Å². The molecule has 1 saturated heterocycles. The molecule has 1 aromatic heterocycles. The van der Waals surface area contributed by atoms with E-state index >= 15 is 0 Å². The van der Waals surface area contributed by atoms with Gasteiger partial charge >= 0.3 is 0 Å². The van der Waals surface area contributed by atoms with Gasteiger partial charge in [0.2, 0.25) is 5.89 Å². The third-order valence-electron chi connectivity index (χ3n) is 4.06. The molecule has 140 valence electrons. The van der Waals surface area contributed by atoms with E-state index in [0.29, 0.717) is 37.4 Å². The largest absolute Gasteiger partial charge is 0.488 e. The minimum Gasteiger partial charge on any atom is -0.488 e. The first-order chi connectivity index (χ1) is 12.6. The summed E-state index contributed by atoms with van der Waals surface area (Å²) in [6.07, 6.45) is 1.04. The first kappa shape index (κ1) is 18.2. The maximum atomic E-state index is 6.13. The molecule has 0 spiro atoms. The van der Waals surface area contributed by atoms with Crippen LogP contribution in [0.25, 0.3) is 0 Å². The van der Waals surface area contributed by atoms with E-state index in [1.807, 2.05) is 0 Å². The van der Waals surface area contributed by atoms with E-state index in [0.717, 1.165) is 29.9 Å². The Hall–Kier alpha value is -2.61. The fourth-order valence-electron chi connectivity index (χ4n) is 2.68. The molecule has 1 aliphatic rings. The SMILES string of the molecule is CN=C(NCc1noc(C)n1)NCc1ccc(C)cc1OC1CCOC1. The van der Waals surface area contributed by atoms with Crippen LogP contribution in [0.5, 0.6) is 5.75 Å². The molecule has 8 nitrogen and oxygen atoms in total. The van der Waals surface area contributed by atoms with Crippen molar-refractivity contribution in [2.24, 2.45) is 4.99 Å². The lowest BCUT2D eigenvalue weighted by Gasteiger charge is -2.17. The van der Waals surface area contributed by atoms with Crippen LogP contribution >= 0.6 is 0 Å². The van der Waals surface area contributed by atoms with Crippen molar-refractivity contribution in [3.05, 3.63) is 41.0 Å². The average molecular weight is 359 g/mol. The number of guanidine groups is 1. The van der Waals surface area contributed by atoms with Gasteiger partial charge in [0.1, 0.15) is 11.9 Å². The summed E-state index contributed by atoms with van der Waals surface area (Å²) in [7, 11) is 1.72. The number of aryl methyl sites for hydroxylation is 2. The van der Waals surface area contributed by atoms with Gasteiger partial charge in [0.05, 0.1) is 19.8 Å². The Morgan fingerprint density at radius 1 is 1.31 bits per heavy atom. The number of nitrogens with zero attached hydrogens (tertiary/aromatic N) is 3. The van der Waals surface area contributed by atoms with Gasteiger partial charge in [-0.2, -0.15) is 4.98 Å². The van der Waals surface area contributed by atoms with Crippen LogP contribution in [-0.2, 0) is 17.8 Å². The van der Waals surface area contributed by atoms with Gasteiger partial charge in [-0.15, -0.1) is 0 Å². The Balaban J connectivity index is 1.58. The highest BCUT2D eigenvalue weighted by atomic mass is 16.5. The molecule has 2 heterocycles. The lowest BCUT2D eigenvalue weighted by atomic mass is 10.1. The number of aliphatic imine (C=N–C) groups is 1. The first-order valence-electron chi connectivity index (χ1n) is 8.71. The summed E-state index contributed by atoms with van der Waals surface area (Å²) in [6.45, 7) is 6.26. The molecule has 0 aliphatic carbocycles. The van der Waals surface area contributed by atoms with Crippen molar-refractivity contribution >= 4 is 5.96 Å². The van der Waals surface area contributed by atoms with E-state index in [1.165, 1.54) is 0 Å². The van der Waals surface area contributed by atoms with Crippen LogP contribution in [0.3, 0.4) is 0 Å². The quantitative estimate of drug-likeness (QED) is 0.599. The second-order valence-corrected chi connectivity index (χ2v) is 6.22. The molecule has 1 atom stereocenters. The van der Waals surface area contributed by atoms with Crippen LogP contribution in [0.1, 0.15) is 29.3 Å². The van der Waals surface area contributed by atoms with Gasteiger partial charge in [-0.05, 0) is 18.6 Å². The Morgan fingerprint density at radius 3 is 2.85 bits per heavy atom. The second kappa shape index (κ2) is 8.66. The predicted octanol–water partition coefficient (Wildman–Crippen LogP) is 1.72. The molecular formula is C18H25N5O3. The standard InChI is InChI=1S/C18H25N5O3/c1-12-4-5-14(16(8-12)25-15-6-7-24-11-15)9-20-18(19-3)21-10-17-22-13(2)26-23-17/h4-5,8,15H,6-7,9-11H2,1-3H3,(H2,19,20,21). The molecule has 0 radical (unpaired) electrons. The van der Waals surface area contributed by atoms with Crippen LogP contribution in [0.4, 0.5) is 0 Å². The molecular weight excluding hydrogens is 334 g/mol. The summed E-state index contributed by atoms with van der Waals surface area (Å²) in [5.41, 5.74) is 2.23. The molecule has 1 aromatic carbocycles. The normalized spacial score (nSPS) is 17.3. The fraction of sp³-hybridized carbons (Fsp3) is 0.500. The smallest absolute Gasteiger partial charge is 0.223 e. The van der Waals surface area contributed by atoms with Gasteiger partial charge in [0.25, 0.3) is 0 Å². The third-order valence-corrected chi connectivity index (χ3v) is 4.06. The number of ether oxygens (including phenoxy) is 2. The van der Waals surface area contributed by atoms with E-state index in [1.54, 1.807) is 14.0 Å². The van der Waals surface area contributed by atoms with Crippen molar-refractivity contribution in [2.75, 3.05) is 20.3 Å². The zero-order valence-corrected chi connectivity index (χ0v) is 15.4. The van der Waals surface area contributed by atoms with E-state index in [2.05, 4.69) is 50.9 Å². The summed E-state index contributed by atoms with van der Waals surface area (Å²) in [6, 6.07) is 6.21. The van der Waals surface area contributed by atoms with Gasteiger partial charge in [-0.25, -0.2) is 0 Å². The molecule has 3 rings (SSSR count). The summed E-state index contributed by atoms with van der Waals surface area (Å²) >= 11 is 0. The molecule has 8 heteroatoms. The molecule has 26 heavy (non-hydrogen) atoms. The molecule has 2 N–H and O–H groups in total. The molecule has 0 amide bonds. The van der Waals surface area contributed by atoms with Gasteiger partial charge < -0.3 is 24.6 Å². The van der Waals surface area contributed by atoms with E-state index < -0.39 is 0 Å². The molecule has 1 fully saturated rings. The maximum absolute atomic E-state index is 6.13. The van der Waals surface area contributed by atoms with E-state index in [-0.39, 0.29) is 6.10 Å². The highest BCUT2D eigenvalue weighted by molar-refractivity contribution is 5.79. The van der Waals surface area contributed by atoms with E-state index in [9.17, 15) is 0 Å². The number of rotatable bonds is 6. The van der Waals surface area contributed by atoms with Crippen molar-refractivity contribution in [1.29, 1.82) is 0 Å². The van der Waals surface area contributed by atoms with Crippen LogP contribution in [0.15, 0.2) is 27.7 Å². The maximum Gasteiger partial charge on any atom is 0.223 e. The van der Waals surface area contributed by atoms with Gasteiger partial charge in [0, 0.05) is 32.5 Å². The Kier molecular flexibility index (Phi) is 6.06. The number of hydrogen-bond donors (Lipinski definition) is 2. The highest BCUT2D eigenvalue weighted by Gasteiger charge is 2.18. The molecule has 1 aliphatic heterocycles. The van der Waals surface area contributed by atoms with Crippen molar-refractivity contribution in [3.63, 3.8) is 0 Å². The fourth-order valence-corrected chi connectivity index (χ4v) is 2.68. The zero-order chi connectivity index (χ0) is 18.4. The van der Waals surface area contributed by atoms with Crippen LogP contribution in [0.2, 0.25) is 0 Å². The number of benzene rings is 1. The summed E-state index contributed by atoms with van der Waals surface area (Å²) in [4.78, 5) is 8.38. The molecule has 1 unspecified atom stereocenters. The molecule has 0 saturated carbocycles. The number of nitrogens with one attached hydrogen (secondary N) is 2. The summed E-state index contributed by atoms with van der Waals surface area (Å²) < 4.78 is 16.5. The lowest BCUT2D eigenvalue weighted by Crippen LogP contribution is -2.36. The lowest BCUT2D eigenvalue weighted by molar-refractivity contribution is 0.140. The van der Waals surface area contributed by atoms with Crippen molar-refractivity contribution in [2.45, 2.75) is 39.5 Å². The summed E-state index contributed by atoms with van der Waals surface area (Å²) in [5.74, 6) is 2.67. The number of hydrogen-bond acceptors (Lipinski definition) is 6. The van der Waals surface area contributed by atoms with Crippen molar-refractivity contribution < 1.29 is 14.0 Å². The highest BCUT2D eigenvalue weighted by Crippen LogP contribution is 2.23. The van der Waals surface area contributed by atoms with Crippen LogP contribution < -0.4 is 15.4 Å². The zero-order valence-electron chi connectivity index (χ0n) is 15.4.